The summed E-state index contributed by atoms with van der Waals surface area (Å²) in [5, 5.41) is 0. The third-order valence-electron chi connectivity index (χ3n) is 2.79. The van der Waals surface area contributed by atoms with Gasteiger partial charge in [0, 0.05) is 31.6 Å². The Morgan fingerprint density at radius 3 is 2.22 bits per heavy atom. The maximum Gasteiger partial charge on any atom is 0.152 e. The van der Waals surface area contributed by atoms with Crippen LogP contribution in [0.4, 0.5) is 5.69 Å². The first-order valence-corrected chi connectivity index (χ1v) is 7.91. The average Bonchev–Trinajstić information content (AvgIpc) is 2.28. The lowest BCUT2D eigenvalue weighted by Crippen LogP contribution is -2.23. The van der Waals surface area contributed by atoms with E-state index in [4.69, 9.17) is 5.73 Å². The molecule has 1 atom stereocenters. The molecule has 0 aromatic heterocycles. The Labute approximate surface area is 110 Å². The van der Waals surface area contributed by atoms with Crippen molar-refractivity contribution in [3.63, 3.8) is 0 Å². The number of sulfone groups is 1. The molecule has 0 aliphatic heterocycles. The second-order valence-corrected chi connectivity index (χ2v) is 6.94. The molecule has 102 valence electrons. The maximum atomic E-state index is 11.7. The van der Waals surface area contributed by atoms with Crippen LogP contribution in [-0.2, 0) is 9.84 Å². The van der Waals surface area contributed by atoms with Crippen molar-refractivity contribution >= 4 is 15.5 Å². The van der Waals surface area contributed by atoms with Crippen LogP contribution in [0.1, 0.15) is 24.9 Å². The number of hydrogen-bond acceptors (Lipinski definition) is 4. The van der Waals surface area contributed by atoms with Crippen molar-refractivity contribution in [3.05, 3.63) is 29.8 Å². The van der Waals surface area contributed by atoms with Crippen molar-refractivity contribution in [3.8, 4) is 0 Å². The van der Waals surface area contributed by atoms with Gasteiger partial charge in [-0.15, -0.1) is 0 Å². The Balaban J connectivity index is 2.76. The van der Waals surface area contributed by atoms with Crippen LogP contribution >= 0.6 is 0 Å². The molecule has 0 heterocycles. The fraction of sp³-hybridized carbons (Fsp3) is 0.538. The van der Waals surface area contributed by atoms with Gasteiger partial charge in [-0.25, -0.2) is 8.42 Å². The second-order valence-electron chi connectivity index (χ2n) is 4.71. The highest BCUT2D eigenvalue weighted by Crippen LogP contribution is 2.18. The molecule has 1 aromatic rings. The zero-order valence-corrected chi connectivity index (χ0v) is 12.1. The monoisotopic (exact) mass is 270 g/mol. The molecule has 0 bridgehead atoms. The summed E-state index contributed by atoms with van der Waals surface area (Å²) in [5.41, 5.74) is 7.88. The fourth-order valence-corrected chi connectivity index (χ4v) is 3.31. The van der Waals surface area contributed by atoms with Crippen molar-refractivity contribution in [2.75, 3.05) is 30.5 Å². The van der Waals surface area contributed by atoms with E-state index in [0.29, 0.717) is 6.42 Å². The highest BCUT2D eigenvalue weighted by Gasteiger charge is 2.16. The molecule has 1 aromatic carbocycles. The van der Waals surface area contributed by atoms with E-state index in [1.165, 1.54) is 0 Å². The van der Waals surface area contributed by atoms with Gasteiger partial charge < -0.3 is 10.6 Å². The van der Waals surface area contributed by atoms with Crippen molar-refractivity contribution < 1.29 is 8.42 Å². The second kappa shape index (κ2) is 6.20. The number of nitrogens with zero attached hydrogens (tertiary/aromatic N) is 1. The quantitative estimate of drug-likeness (QED) is 0.852. The highest BCUT2D eigenvalue weighted by atomic mass is 32.2. The van der Waals surface area contributed by atoms with Crippen molar-refractivity contribution in [1.29, 1.82) is 0 Å². The van der Waals surface area contributed by atoms with Crippen molar-refractivity contribution in [2.24, 2.45) is 5.73 Å². The maximum absolute atomic E-state index is 11.7. The van der Waals surface area contributed by atoms with Gasteiger partial charge in [-0.3, -0.25) is 0 Å². The van der Waals surface area contributed by atoms with Crippen LogP contribution in [0.15, 0.2) is 24.3 Å². The molecule has 0 radical (unpaired) electrons. The predicted molar refractivity (Wildman–Crippen MR) is 76.6 cm³/mol. The predicted octanol–water partition coefficient (Wildman–Crippen LogP) is 1.58. The molecule has 2 N–H and O–H groups in total. The van der Waals surface area contributed by atoms with Crippen LogP contribution in [-0.4, -0.2) is 34.0 Å². The normalized spacial score (nSPS) is 13.3. The Kier molecular flexibility index (Phi) is 5.16. The smallest absolute Gasteiger partial charge is 0.152 e. The zero-order valence-electron chi connectivity index (χ0n) is 11.3. The molecular formula is C13H22N2O2S. The van der Waals surface area contributed by atoms with Gasteiger partial charge in [0.15, 0.2) is 9.84 Å². The molecule has 5 heteroatoms. The Bertz CT molecular complexity index is 466. The Morgan fingerprint density at radius 1 is 1.22 bits per heavy atom. The molecule has 4 nitrogen and oxygen atoms in total. The molecule has 0 fully saturated rings. The minimum atomic E-state index is -3.04. The molecule has 0 saturated heterocycles. The standard InChI is InChI=1S/C13H22N2O2S/c1-4-9-18(16,17)10-13(14)11-5-7-12(8-6-11)15(2)3/h5-8,13H,4,9-10,14H2,1-3H3. The summed E-state index contributed by atoms with van der Waals surface area (Å²) in [6.45, 7) is 1.86. The molecule has 0 spiro atoms. The first kappa shape index (κ1) is 15.0. The van der Waals surface area contributed by atoms with Crippen LogP contribution in [0.5, 0.6) is 0 Å². The van der Waals surface area contributed by atoms with E-state index in [2.05, 4.69) is 0 Å². The van der Waals surface area contributed by atoms with E-state index in [9.17, 15) is 8.42 Å². The summed E-state index contributed by atoms with van der Waals surface area (Å²) < 4.78 is 23.4. The van der Waals surface area contributed by atoms with E-state index < -0.39 is 15.9 Å². The summed E-state index contributed by atoms with van der Waals surface area (Å²) in [7, 11) is 0.877. The van der Waals surface area contributed by atoms with Gasteiger partial charge in [0.25, 0.3) is 0 Å². The summed E-state index contributed by atoms with van der Waals surface area (Å²) >= 11 is 0. The van der Waals surface area contributed by atoms with Gasteiger partial charge in [-0.2, -0.15) is 0 Å². The first-order valence-electron chi connectivity index (χ1n) is 6.09. The van der Waals surface area contributed by atoms with Crippen LogP contribution in [0, 0.1) is 0 Å². The summed E-state index contributed by atoms with van der Waals surface area (Å²) in [6, 6.07) is 7.23. The summed E-state index contributed by atoms with van der Waals surface area (Å²) in [5.74, 6) is 0.221. The molecule has 1 rings (SSSR count). The SMILES string of the molecule is CCCS(=O)(=O)CC(N)c1ccc(N(C)C)cc1. The third kappa shape index (κ3) is 4.31. The van der Waals surface area contributed by atoms with E-state index in [1.807, 2.05) is 50.2 Å². The third-order valence-corrected chi connectivity index (χ3v) is 4.68. The van der Waals surface area contributed by atoms with Gasteiger partial charge in [0.05, 0.1) is 5.75 Å². The molecule has 0 amide bonds. The lowest BCUT2D eigenvalue weighted by atomic mass is 10.1. The minimum absolute atomic E-state index is 0.0160. The van der Waals surface area contributed by atoms with E-state index in [1.54, 1.807) is 0 Å². The van der Waals surface area contributed by atoms with Crippen LogP contribution in [0.2, 0.25) is 0 Å². The molecule has 0 saturated carbocycles. The number of benzene rings is 1. The lowest BCUT2D eigenvalue weighted by molar-refractivity contribution is 0.587. The van der Waals surface area contributed by atoms with E-state index in [-0.39, 0.29) is 11.5 Å². The summed E-state index contributed by atoms with van der Waals surface area (Å²) in [4.78, 5) is 1.99. The van der Waals surface area contributed by atoms with Gasteiger partial charge in [0.2, 0.25) is 0 Å². The van der Waals surface area contributed by atoms with E-state index >= 15 is 0 Å². The largest absolute Gasteiger partial charge is 0.378 e. The van der Waals surface area contributed by atoms with E-state index in [0.717, 1.165) is 11.3 Å². The van der Waals surface area contributed by atoms with Gasteiger partial charge >= 0.3 is 0 Å². The van der Waals surface area contributed by atoms with Crippen molar-refractivity contribution in [2.45, 2.75) is 19.4 Å². The Morgan fingerprint density at radius 2 is 1.78 bits per heavy atom. The lowest BCUT2D eigenvalue weighted by Gasteiger charge is -2.16. The summed E-state index contributed by atoms with van der Waals surface area (Å²) in [6.07, 6.45) is 0.634. The van der Waals surface area contributed by atoms with Crippen LogP contribution in [0.25, 0.3) is 0 Å². The number of hydrogen-bond donors (Lipinski definition) is 1. The first-order chi connectivity index (χ1) is 8.35. The highest BCUT2D eigenvalue weighted by molar-refractivity contribution is 7.91. The number of nitrogens with two attached hydrogens (primary N) is 1. The topological polar surface area (TPSA) is 63.4 Å². The molecule has 0 aliphatic carbocycles. The van der Waals surface area contributed by atoms with Gasteiger partial charge in [0.1, 0.15) is 0 Å². The molecule has 18 heavy (non-hydrogen) atoms. The fourth-order valence-electron chi connectivity index (χ4n) is 1.78. The molecular weight excluding hydrogens is 248 g/mol. The minimum Gasteiger partial charge on any atom is -0.378 e. The zero-order chi connectivity index (χ0) is 13.8. The Hall–Kier alpha value is -1.07. The number of anilines is 1. The van der Waals surface area contributed by atoms with Crippen molar-refractivity contribution in [1.82, 2.24) is 0 Å². The van der Waals surface area contributed by atoms with Crippen LogP contribution in [0.3, 0.4) is 0 Å². The molecule has 0 aliphatic rings. The van der Waals surface area contributed by atoms with Gasteiger partial charge in [-0.05, 0) is 24.1 Å². The van der Waals surface area contributed by atoms with Crippen LogP contribution < -0.4 is 10.6 Å². The molecule has 1 unspecified atom stereocenters. The van der Waals surface area contributed by atoms with Gasteiger partial charge in [-0.1, -0.05) is 19.1 Å². The average molecular weight is 270 g/mol. The number of rotatable bonds is 6.